The molecule has 3 rings (SSSR count). The van der Waals surface area contributed by atoms with E-state index < -0.39 is 5.97 Å². The quantitative estimate of drug-likeness (QED) is 0.393. The minimum absolute atomic E-state index is 0.0543. The average molecular weight is 378 g/mol. The van der Waals surface area contributed by atoms with Crippen LogP contribution in [0, 0.1) is 5.92 Å². The van der Waals surface area contributed by atoms with E-state index in [4.69, 9.17) is 16.6 Å². The van der Waals surface area contributed by atoms with Gasteiger partial charge in [0, 0.05) is 24.5 Å². The molecule has 2 heterocycles. The molecule has 2 aliphatic rings. The van der Waals surface area contributed by atoms with Crippen LogP contribution in [0.25, 0.3) is 6.08 Å². The van der Waals surface area contributed by atoms with E-state index in [0.717, 1.165) is 25.0 Å². The molecule has 5 nitrogen and oxygen atoms in total. The van der Waals surface area contributed by atoms with Crippen molar-refractivity contribution in [1.29, 1.82) is 0 Å². The van der Waals surface area contributed by atoms with Gasteiger partial charge in [-0.1, -0.05) is 37.3 Å². The predicted octanol–water partition coefficient (Wildman–Crippen LogP) is 2.91. The molecule has 0 unspecified atom stereocenters. The molecule has 1 saturated carbocycles. The van der Waals surface area contributed by atoms with Crippen LogP contribution in [0.15, 0.2) is 21.5 Å². The Balaban J connectivity index is 1.55. The van der Waals surface area contributed by atoms with Crippen molar-refractivity contribution in [3.63, 3.8) is 0 Å². The third kappa shape index (κ3) is 4.52. The molecule has 2 atom stereocenters. The third-order valence-electron chi connectivity index (χ3n) is 4.53. The lowest BCUT2D eigenvalue weighted by atomic mass is 10.2. The summed E-state index contributed by atoms with van der Waals surface area (Å²) in [5.74, 6) is 1.72. The van der Waals surface area contributed by atoms with Crippen molar-refractivity contribution in [2.45, 2.75) is 44.9 Å². The summed E-state index contributed by atoms with van der Waals surface area (Å²) >= 11 is 6.58. The second-order valence-corrected chi connectivity index (χ2v) is 8.25. The van der Waals surface area contributed by atoms with Gasteiger partial charge in [0.05, 0.1) is 4.91 Å². The second kappa shape index (κ2) is 7.74. The Morgan fingerprint density at radius 3 is 2.88 bits per heavy atom. The van der Waals surface area contributed by atoms with Crippen molar-refractivity contribution in [2.75, 3.05) is 6.54 Å². The summed E-state index contributed by atoms with van der Waals surface area (Å²) in [6.45, 7) is 2.71. The van der Waals surface area contributed by atoms with Crippen LogP contribution in [-0.4, -0.2) is 27.6 Å². The highest BCUT2D eigenvalue weighted by Gasteiger charge is 2.37. The van der Waals surface area contributed by atoms with Gasteiger partial charge < -0.3 is 14.3 Å². The van der Waals surface area contributed by atoms with Crippen LogP contribution < -0.4 is 5.11 Å². The number of rotatable bonds is 8. The number of hydrogen-bond acceptors (Lipinski definition) is 6. The van der Waals surface area contributed by atoms with Crippen molar-refractivity contribution in [1.82, 2.24) is 4.90 Å². The summed E-state index contributed by atoms with van der Waals surface area (Å²) < 4.78 is 6.37. The van der Waals surface area contributed by atoms with Gasteiger partial charge in [-0.2, -0.15) is 0 Å². The molecule has 1 aliphatic heterocycles. The maximum Gasteiger partial charge on any atom is 0.266 e. The van der Waals surface area contributed by atoms with E-state index in [-0.39, 0.29) is 12.3 Å². The average Bonchev–Trinajstić information content (AvgIpc) is 3.00. The number of hydrogen-bond donors (Lipinski definition) is 0. The van der Waals surface area contributed by atoms with Gasteiger partial charge in [-0.05, 0) is 43.7 Å². The van der Waals surface area contributed by atoms with Crippen LogP contribution in [-0.2, 0) is 9.59 Å². The van der Waals surface area contributed by atoms with Crippen LogP contribution in [0.5, 0.6) is 0 Å². The summed E-state index contributed by atoms with van der Waals surface area (Å²) in [4.78, 5) is 25.0. The minimum atomic E-state index is -1.04. The van der Waals surface area contributed by atoms with E-state index in [1.54, 1.807) is 11.0 Å². The number of carboxylic acid groups (broad SMARTS) is 1. The Morgan fingerprint density at radius 1 is 1.44 bits per heavy atom. The van der Waals surface area contributed by atoms with Crippen molar-refractivity contribution in [3.05, 3.63) is 28.6 Å². The van der Waals surface area contributed by atoms with Gasteiger partial charge >= 0.3 is 0 Å². The lowest BCUT2D eigenvalue weighted by Crippen LogP contribution is -2.29. The van der Waals surface area contributed by atoms with Crippen LogP contribution in [0.1, 0.15) is 56.5 Å². The van der Waals surface area contributed by atoms with Gasteiger partial charge in [0.1, 0.15) is 15.8 Å². The molecule has 0 bridgehead atoms. The molecule has 7 heteroatoms. The summed E-state index contributed by atoms with van der Waals surface area (Å²) in [6.07, 6.45) is 4.97. The number of carbonyl (C=O) groups is 2. The maximum atomic E-state index is 12.5. The van der Waals surface area contributed by atoms with Gasteiger partial charge in [-0.15, -0.1) is 0 Å². The number of carboxylic acids is 1. The van der Waals surface area contributed by atoms with E-state index in [1.807, 2.05) is 12.1 Å². The SMILES string of the molecule is C[C@H]1C[C@H]1c1ccc(/C=C2\SC(=S)N(CCCCCC(=O)[O-])C2=O)o1. The molecule has 2 fully saturated rings. The fourth-order valence-electron chi connectivity index (χ4n) is 2.90. The molecule has 1 saturated heterocycles. The summed E-state index contributed by atoms with van der Waals surface area (Å²) in [7, 11) is 0. The molecular weight excluding hydrogens is 358 g/mol. The highest BCUT2D eigenvalue weighted by molar-refractivity contribution is 8.26. The zero-order valence-electron chi connectivity index (χ0n) is 14.0. The van der Waals surface area contributed by atoms with E-state index >= 15 is 0 Å². The summed E-state index contributed by atoms with van der Waals surface area (Å²) in [6, 6.07) is 3.88. The van der Waals surface area contributed by atoms with E-state index in [1.165, 1.54) is 11.8 Å². The molecule has 0 aromatic carbocycles. The molecule has 1 amide bonds. The maximum absolute atomic E-state index is 12.5. The van der Waals surface area contributed by atoms with E-state index in [2.05, 4.69) is 6.92 Å². The first-order valence-corrected chi connectivity index (χ1v) is 9.73. The van der Waals surface area contributed by atoms with Crippen molar-refractivity contribution < 1.29 is 19.1 Å². The molecule has 1 aromatic rings. The van der Waals surface area contributed by atoms with Gasteiger partial charge in [-0.25, -0.2) is 0 Å². The molecule has 25 heavy (non-hydrogen) atoms. The first-order chi connectivity index (χ1) is 12.0. The number of thioether (sulfide) groups is 1. The van der Waals surface area contributed by atoms with Gasteiger partial charge in [0.15, 0.2) is 0 Å². The monoisotopic (exact) mass is 378 g/mol. The van der Waals surface area contributed by atoms with Crippen molar-refractivity contribution >= 4 is 46.3 Å². The van der Waals surface area contributed by atoms with Crippen LogP contribution in [0.2, 0.25) is 0 Å². The smallest absolute Gasteiger partial charge is 0.266 e. The lowest BCUT2D eigenvalue weighted by molar-refractivity contribution is -0.305. The second-order valence-electron chi connectivity index (χ2n) is 6.58. The number of unbranched alkanes of at least 4 members (excludes halogenated alkanes) is 2. The number of amides is 1. The Labute approximate surface area is 156 Å². The highest BCUT2D eigenvalue weighted by atomic mass is 32.2. The van der Waals surface area contributed by atoms with Crippen LogP contribution in [0.3, 0.4) is 0 Å². The predicted molar refractivity (Wildman–Crippen MR) is 98.6 cm³/mol. The fraction of sp³-hybridized carbons (Fsp3) is 0.500. The van der Waals surface area contributed by atoms with Crippen molar-refractivity contribution in [3.8, 4) is 0 Å². The van der Waals surface area contributed by atoms with Crippen molar-refractivity contribution in [2.24, 2.45) is 5.92 Å². The van der Waals surface area contributed by atoms with E-state index in [9.17, 15) is 14.7 Å². The number of thiocarbonyl (C=S) groups is 1. The molecule has 1 aliphatic carbocycles. The molecule has 0 N–H and O–H groups in total. The zero-order valence-corrected chi connectivity index (χ0v) is 15.7. The Bertz CT molecular complexity index is 724. The summed E-state index contributed by atoms with van der Waals surface area (Å²) in [5, 5.41) is 10.4. The molecule has 0 spiro atoms. The third-order valence-corrected chi connectivity index (χ3v) is 5.91. The number of furan rings is 1. The highest BCUT2D eigenvalue weighted by Crippen LogP contribution is 2.47. The van der Waals surface area contributed by atoms with Gasteiger partial charge in [-0.3, -0.25) is 9.69 Å². The lowest BCUT2D eigenvalue weighted by Gasteiger charge is -2.14. The topological polar surface area (TPSA) is 73.6 Å². The number of carbonyl (C=O) groups excluding carboxylic acids is 2. The molecular formula is C18H20NO4S2-. The summed E-state index contributed by atoms with van der Waals surface area (Å²) in [5.41, 5.74) is 0. The molecule has 134 valence electrons. The minimum Gasteiger partial charge on any atom is -0.550 e. The largest absolute Gasteiger partial charge is 0.550 e. The van der Waals surface area contributed by atoms with Crippen LogP contribution >= 0.6 is 24.0 Å². The Hall–Kier alpha value is -1.60. The molecule has 1 aromatic heterocycles. The Morgan fingerprint density at radius 2 is 2.20 bits per heavy atom. The molecule has 0 radical (unpaired) electrons. The normalized spacial score (nSPS) is 24.4. The van der Waals surface area contributed by atoms with Gasteiger partial charge in [0.25, 0.3) is 5.91 Å². The standard InChI is InChI=1S/C18H21NO4S2/c1-11-9-13(11)14-7-6-12(23-14)10-15-17(22)19(18(24)25-15)8-4-2-3-5-16(20)21/h6-7,10-11,13H,2-5,8-9H2,1H3,(H,20,21)/p-1/b15-10-/t11-,13+/m0/s1. The van der Waals surface area contributed by atoms with E-state index in [0.29, 0.717) is 39.8 Å². The first-order valence-electron chi connectivity index (χ1n) is 8.50. The van der Waals surface area contributed by atoms with Crippen LogP contribution in [0.4, 0.5) is 0 Å². The first kappa shape index (κ1) is 18.2. The zero-order chi connectivity index (χ0) is 18.0. The number of nitrogens with zero attached hydrogens (tertiary/aromatic N) is 1. The van der Waals surface area contributed by atoms with Gasteiger partial charge in [0.2, 0.25) is 0 Å². The number of aliphatic carboxylic acids is 1. The Kier molecular flexibility index (Phi) is 5.64. The fourth-order valence-corrected chi connectivity index (χ4v) is 4.19.